The predicted molar refractivity (Wildman–Crippen MR) is 84.4 cm³/mol. The van der Waals surface area contributed by atoms with Gasteiger partial charge in [-0.25, -0.2) is 0 Å². The Morgan fingerprint density at radius 3 is 2.71 bits per heavy atom. The second-order valence-corrected chi connectivity index (χ2v) is 6.13. The second kappa shape index (κ2) is 7.43. The molecule has 0 bridgehead atoms. The predicted octanol–water partition coefficient (Wildman–Crippen LogP) is 2.86. The number of nitrogens with zero attached hydrogens (tertiary/aromatic N) is 1. The Labute approximate surface area is 126 Å². The molecule has 0 saturated heterocycles. The highest BCUT2D eigenvalue weighted by Gasteiger charge is 2.24. The van der Waals surface area contributed by atoms with E-state index in [0.29, 0.717) is 11.5 Å². The molecule has 1 saturated carbocycles. The molecule has 0 radical (unpaired) electrons. The molecular formula is C17H26N2O2. The Kier molecular flexibility index (Phi) is 5.59. The van der Waals surface area contributed by atoms with Crippen LogP contribution in [-0.4, -0.2) is 16.5 Å². The zero-order chi connectivity index (χ0) is 15.2. The highest BCUT2D eigenvalue weighted by atomic mass is 16.2. The Bertz CT molecular complexity index is 530. The fourth-order valence-corrected chi connectivity index (χ4v) is 3.21. The van der Waals surface area contributed by atoms with Gasteiger partial charge in [0.25, 0.3) is 11.5 Å². The van der Waals surface area contributed by atoms with E-state index in [0.717, 1.165) is 12.8 Å². The van der Waals surface area contributed by atoms with Crippen molar-refractivity contribution in [2.75, 3.05) is 0 Å². The van der Waals surface area contributed by atoms with Gasteiger partial charge < -0.3 is 9.88 Å². The van der Waals surface area contributed by atoms with Crippen LogP contribution in [0.25, 0.3) is 0 Å². The van der Waals surface area contributed by atoms with Gasteiger partial charge >= 0.3 is 0 Å². The van der Waals surface area contributed by atoms with Gasteiger partial charge in [0.05, 0.1) is 0 Å². The number of aromatic nitrogens is 1. The first-order chi connectivity index (χ1) is 10.1. The monoisotopic (exact) mass is 290 g/mol. The lowest BCUT2D eigenvalue weighted by atomic mass is 9.82. The van der Waals surface area contributed by atoms with Crippen LogP contribution in [0.4, 0.5) is 0 Å². The molecule has 1 atom stereocenters. The van der Waals surface area contributed by atoms with Gasteiger partial charge in [0, 0.05) is 30.9 Å². The average molecular weight is 290 g/mol. The van der Waals surface area contributed by atoms with Gasteiger partial charge in [-0.15, -0.1) is 0 Å². The van der Waals surface area contributed by atoms with Crippen LogP contribution in [0.15, 0.2) is 23.1 Å². The van der Waals surface area contributed by atoms with E-state index in [-0.39, 0.29) is 17.5 Å². The third kappa shape index (κ3) is 4.19. The SMILES string of the molecule is CCC[C@@H](NC(=O)c1ccn(C)c(=O)c1)C1CCCCC1. The molecule has 1 aliphatic carbocycles. The summed E-state index contributed by atoms with van der Waals surface area (Å²) >= 11 is 0. The quantitative estimate of drug-likeness (QED) is 0.906. The summed E-state index contributed by atoms with van der Waals surface area (Å²) in [6.07, 6.45) is 10.0. The highest BCUT2D eigenvalue weighted by molar-refractivity contribution is 5.94. The van der Waals surface area contributed by atoms with Gasteiger partial charge in [-0.1, -0.05) is 32.6 Å². The lowest BCUT2D eigenvalue weighted by Gasteiger charge is -2.31. The zero-order valence-electron chi connectivity index (χ0n) is 13.1. The van der Waals surface area contributed by atoms with E-state index in [9.17, 15) is 9.59 Å². The van der Waals surface area contributed by atoms with Crippen LogP contribution in [0.2, 0.25) is 0 Å². The van der Waals surface area contributed by atoms with Crippen molar-refractivity contribution in [3.63, 3.8) is 0 Å². The number of aryl methyl sites for hydroxylation is 1. The van der Waals surface area contributed by atoms with Crippen LogP contribution >= 0.6 is 0 Å². The molecule has 1 aromatic heterocycles. The summed E-state index contributed by atoms with van der Waals surface area (Å²) in [4.78, 5) is 24.0. The number of nitrogens with one attached hydrogen (secondary N) is 1. The van der Waals surface area contributed by atoms with Gasteiger partial charge in [0.1, 0.15) is 0 Å². The van der Waals surface area contributed by atoms with Crippen molar-refractivity contribution in [3.05, 3.63) is 34.2 Å². The van der Waals surface area contributed by atoms with E-state index in [4.69, 9.17) is 0 Å². The normalized spacial score (nSPS) is 17.4. The van der Waals surface area contributed by atoms with Crippen molar-refractivity contribution in [2.24, 2.45) is 13.0 Å². The molecule has 0 spiro atoms. The summed E-state index contributed by atoms with van der Waals surface area (Å²) < 4.78 is 1.47. The van der Waals surface area contributed by atoms with Crippen LogP contribution in [0, 0.1) is 5.92 Å². The molecular weight excluding hydrogens is 264 g/mol. The minimum Gasteiger partial charge on any atom is -0.349 e. The molecule has 1 amide bonds. The molecule has 1 aromatic rings. The maximum Gasteiger partial charge on any atom is 0.251 e. The Balaban J connectivity index is 2.06. The molecule has 1 aliphatic rings. The maximum absolute atomic E-state index is 12.4. The summed E-state index contributed by atoms with van der Waals surface area (Å²) in [5.41, 5.74) is 0.322. The van der Waals surface area contributed by atoms with Gasteiger partial charge in [-0.05, 0) is 31.2 Å². The van der Waals surface area contributed by atoms with Crippen LogP contribution in [0.1, 0.15) is 62.2 Å². The standard InChI is InChI=1S/C17H26N2O2/c1-3-7-15(13-8-5-4-6-9-13)18-17(21)14-10-11-19(2)16(20)12-14/h10-13,15H,3-9H2,1-2H3,(H,18,21)/t15-/m1/s1. The van der Waals surface area contributed by atoms with Gasteiger partial charge in [-0.3, -0.25) is 9.59 Å². The van der Waals surface area contributed by atoms with Crippen molar-refractivity contribution >= 4 is 5.91 Å². The fourth-order valence-electron chi connectivity index (χ4n) is 3.21. The average Bonchev–Trinajstić information content (AvgIpc) is 2.50. The van der Waals surface area contributed by atoms with Gasteiger partial charge in [0.2, 0.25) is 0 Å². The van der Waals surface area contributed by atoms with Crippen molar-refractivity contribution in [1.82, 2.24) is 9.88 Å². The van der Waals surface area contributed by atoms with Crippen molar-refractivity contribution in [1.29, 1.82) is 0 Å². The third-order valence-corrected chi connectivity index (χ3v) is 4.50. The number of carbonyl (C=O) groups excluding carboxylic acids is 1. The van der Waals surface area contributed by atoms with E-state index in [1.807, 2.05) is 0 Å². The minimum absolute atomic E-state index is 0.114. The smallest absolute Gasteiger partial charge is 0.251 e. The van der Waals surface area contributed by atoms with Crippen LogP contribution in [0.5, 0.6) is 0 Å². The summed E-state index contributed by atoms with van der Waals surface area (Å²) in [6.45, 7) is 2.15. The van der Waals surface area contributed by atoms with Gasteiger partial charge in [-0.2, -0.15) is 0 Å². The first-order valence-corrected chi connectivity index (χ1v) is 8.09. The molecule has 4 heteroatoms. The summed E-state index contributed by atoms with van der Waals surface area (Å²) in [5.74, 6) is 0.478. The van der Waals surface area contributed by atoms with E-state index in [2.05, 4.69) is 12.2 Å². The van der Waals surface area contributed by atoms with E-state index < -0.39 is 0 Å². The lowest BCUT2D eigenvalue weighted by molar-refractivity contribution is 0.0908. The van der Waals surface area contributed by atoms with E-state index in [1.165, 1.54) is 42.7 Å². The van der Waals surface area contributed by atoms with Crippen LogP contribution in [-0.2, 0) is 7.05 Å². The highest BCUT2D eigenvalue weighted by Crippen LogP contribution is 2.28. The van der Waals surface area contributed by atoms with Crippen LogP contribution < -0.4 is 10.9 Å². The molecule has 4 nitrogen and oxygen atoms in total. The first kappa shape index (κ1) is 15.8. The molecule has 0 aromatic carbocycles. The molecule has 0 unspecified atom stereocenters. The molecule has 116 valence electrons. The number of rotatable bonds is 5. The fraction of sp³-hybridized carbons (Fsp3) is 0.647. The largest absolute Gasteiger partial charge is 0.349 e. The minimum atomic E-state index is -0.146. The first-order valence-electron chi connectivity index (χ1n) is 8.09. The second-order valence-electron chi connectivity index (χ2n) is 6.13. The maximum atomic E-state index is 12.4. The molecule has 2 rings (SSSR count). The summed E-state index contributed by atoms with van der Waals surface area (Å²) in [5, 5.41) is 3.16. The third-order valence-electron chi connectivity index (χ3n) is 4.50. The van der Waals surface area contributed by atoms with E-state index in [1.54, 1.807) is 19.3 Å². The number of carbonyl (C=O) groups is 1. The molecule has 1 N–H and O–H groups in total. The molecule has 1 fully saturated rings. The zero-order valence-corrected chi connectivity index (χ0v) is 13.1. The molecule has 1 heterocycles. The lowest BCUT2D eigenvalue weighted by Crippen LogP contribution is -2.41. The number of hydrogen-bond donors (Lipinski definition) is 1. The topological polar surface area (TPSA) is 51.1 Å². The Morgan fingerprint density at radius 2 is 2.10 bits per heavy atom. The number of hydrogen-bond acceptors (Lipinski definition) is 2. The number of amides is 1. The van der Waals surface area contributed by atoms with Crippen molar-refractivity contribution in [3.8, 4) is 0 Å². The molecule has 21 heavy (non-hydrogen) atoms. The summed E-state index contributed by atoms with van der Waals surface area (Å²) in [6, 6.07) is 3.37. The molecule has 0 aliphatic heterocycles. The van der Waals surface area contributed by atoms with Crippen molar-refractivity contribution < 1.29 is 4.79 Å². The van der Waals surface area contributed by atoms with Crippen LogP contribution in [0.3, 0.4) is 0 Å². The summed E-state index contributed by atoms with van der Waals surface area (Å²) in [7, 11) is 1.69. The number of pyridine rings is 1. The van der Waals surface area contributed by atoms with Gasteiger partial charge in [0.15, 0.2) is 0 Å². The Hall–Kier alpha value is -1.58. The van der Waals surface area contributed by atoms with Crippen molar-refractivity contribution in [2.45, 2.75) is 57.9 Å². The Morgan fingerprint density at radius 1 is 1.38 bits per heavy atom. The van der Waals surface area contributed by atoms with E-state index >= 15 is 0 Å².